The van der Waals surface area contributed by atoms with Crippen molar-refractivity contribution in [2.45, 2.75) is 70.5 Å². The Kier molecular flexibility index (Phi) is 10.9. The van der Waals surface area contributed by atoms with Gasteiger partial charge >= 0.3 is 5.97 Å². The van der Waals surface area contributed by atoms with E-state index in [1.807, 2.05) is 0 Å². The third-order valence-corrected chi connectivity index (χ3v) is 5.03. The van der Waals surface area contributed by atoms with Crippen molar-refractivity contribution in [2.24, 2.45) is 11.7 Å². The summed E-state index contributed by atoms with van der Waals surface area (Å²) in [4.78, 5) is 49.5. The molecule has 0 saturated carbocycles. The van der Waals surface area contributed by atoms with E-state index in [0.717, 1.165) is 0 Å². The summed E-state index contributed by atoms with van der Waals surface area (Å²) in [6.45, 7) is 5.84. The lowest BCUT2D eigenvalue weighted by atomic mass is 10.0. The molecule has 0 aromatic heterocycles. The van der Waals surface area contributed by atoms with Crippen molar-refractivity contribution >= 4 is 23.7 Å². The van der Waals surface area contributed by atoms with Gasteiger partial charge in [-0.2, -0.15) is 0 Å². The Bertz CT molecular complexity index is 814. The SMILES string of the molecule is CC(C)C(NC(=O)C(Cc1ccccc1)NC(=O)C(NC(=O)C(N)C(C)O)C(C)O)C(=O)O. The van der Waals surface area contributed by atoms with E-state index in [2.05, 4.69) is 16.0 Å². The molecule has 0 aliphatic rings. The lowest BCUT2D eigenvalue weighted by molar-refractivity contribution is -0.143. The fourth-order valence-corrected chi connectivity index (χ4v) is 2.96. The molecule has 11 nitrogen and oxygen atoms in total. The number of nitrogens with one attached hydrogen (secondary N) is 3. The second-order valence-corrected chi connectivity index (χ2v) is 8.31. The number of carboxylic acid groups (broad SMARTS) is 1. The van der Waals surface area contributed by atoms with E-state index in [4.69, 9.17) is 5.73 Å². The maximum Gasteiger partial charge on any atom is 0.326 e. The molecule has 8 N–H and O–H groups in total. The summed E-state index contributed by atoms with van der Waals surface area (Å²) in [7, 11) is 0. The molecule has 6 unspecified atom stereocenters. The van der Waals surface area contributed by atoms with Crippen LogP contribution in [0.4, 0.5) is 0 Å². The van der Waals surface area contributed by atoms with Crippen molar-refractivity contribution in [3.8, 4) is 0 Å². The van der Waals surface area contributed by atoms with Crippen molar-refractivity contribution in [2.75, 3.05) is 0 Å². The van der Waals surface area contributed by atoms with Gasteiger partial charge in [0.2, 0.25) is 17.7 Å². The number of rotatable bonds is 12. The zero-order chi connectivity index (χ0) is 25.3. The molecule has 1 aromatic carbocycles. The molecule has 0 aliphatic heterocycles. The number of aliphatic hydroxyl groups is 2. The van der Waals surface area contributed by atoms with E-state index in [9.17, 15) is 34.5 Å². The molecule has 0 fully saturated rings. The Morgan fingerprint density at radius 2 is 1.36 bits per heavy atom. The van der Waals surface area contributed by atoms with Crippen LogP contribution in [-0.2, 0) is 25.6 Å². The maximum absolute atomic E-state index is 12.9. The second kappa shape index (κ2) is 12.9. The third-order valence-electron chi connectivity index (χ3n) is 5.03. The standard InChI is InChI=1S/C22H34N4O7/c1-11(2)17(22(32)33)25-19(29)15(10-14-8-6-5-7-9-14)24-21(31)18(13(4)28)26-20(30)16(23)12(3)27/h5-9,11-13,15-18,27-28H,10,23H2,1-4H3,(H,24,31)(H,25,29)(H,26,30)(H,32,33). The molecular formula is C22H34N4O7. The van der Waals surface area contributed by atoms with Gasteiger partial charge in [0.15, 0.2) is 0 Å². The summed E-state index contributed by atoms with van der Waals surface area (Å²) >= 11 is 0. The Hall–Kier alpha value is -3.02. The number of aliphatic hydroxyl groups excluding tert-OH is 2. The zero-order valence-corrected chi connectivity index (χ0v) is 19.2. The highest BCUT2D eigenvalue weighted by atomic mass is 16.4. The van der Waals surface area contributed by atoms with Crippen LogP contribution < -0.4 is 21.7 Å². The topological polar surface area (TPSA) is 191 Å². The molecular weight excluding hydrogens is 432 g/mol. The summed E-state index contributed by atoms with van der Waals surface area (Å²) in [5.41, 5.74) is 6.27. The first-order valence-corrected chi connectivity index (χ1v) is 10.6. The lowest BCUT2D eigenvalue weighted by Gasteiger charge is -2.27. The first-order chi connectivity index (χ1) is 15.3. The highest BCUT2D eigenvalue weighted by molar-refractivity contribution is 5.94. The highest BCUT2D eigenvalue weighted by Gasteiger charge is 2.33. The predicted molar refractivity (Wildman–Crippen MR) is 120 cm³/mol. The quantitative estimate of drug-likeness (QED) is 0.194. The summed E-state index contributed by atoms with van der Waals surface area (Å²) in [5, 5.41) is 36.1. The van der Waals surface area contributed by atoms with Gasteiger partial charge in [0.05, 0.1) is 12.2 Å². The summed E-state index contributed by atoms with van der Waals surface area (Å²) in [5.74, 6) is -4.09. The van der Waals surface area contributed by atoms with Gasteiger partial charge in [0.1, 0.15) is 24.2 Å². The van der Waals surface area contributed by atoms with Gasteiger partial charge in [0, 0.05) is 6.42 Å². The monoisotopic (exact) mass is 466 g/mol. The highest BCUT2D eigenvalue weighted by Crippen LogP contribution is 2.08. The third kappa shape index (κ3) is 8.79. The van der Waals surface area contributed by atoms with Crippen molar-refractivity contribution in [3.05, 3.63) is 35.9 Å². The lowest BCUT2D eigenvalue weighted by Crippen LogP contribution is -2.61. The molecule has 0 aliphatic carbocycles. The summed E-state index contributed by atoms with van der Waals surface area (Å²) < 4.78 is 0. The first kappa shape index (κ1) is 28.0. The van der Waals surface area contributed by atoms with Crippen LogP contribution in [0.5, 0.6) is 0 Å². The van der Waals surface area contributed by atoms with Crippen molar-refractivity contribution < 1.29 is 34.5 Å². The van der Waals surface area contributed by atoms with E-state index in [-0.39, 0.29) is 6.42 Å². The Labute approximate surface area is 192 Å². The van der Waals surface area contributed by atoms with Crippen LogP contribution >= 0.6 is 0 Å². The molecule has 3 amide bonds. The van der Waals surface area contributed by atoms with Gasteiger partial charge in [0.25, 0.3) is 0 Å². The maximum atomic E-state index is 12.9. The average molecular weight is 467 g/mol. The van der Waals surface area contributed by atoms with Gasteiger partial charge in [-0.05, 0) is 25.3 Å². The van der Waals surface area contributed by atoms with Gasteiger partial charge < -0.3 is 37.0 Å². The number of carbonyl (C=O) groups excluding carboxylic acids is 3. The van der Waals surface area contributed by atoms with Gasteiger partial charge in [-0.15, -0.1) is 0 Å². The van der Waals surface area contributed by atoms with Crippen LogP contribution in [0.1, 0.15) is 33.3 Å². The number of carbonyl (C=O) groups is 4. The number of amides is 3. The second-order valence-electron chi connectivity index (χ2n) is 8.31. The smallest absolute Gasteiger partial charge is 0.326 e. The molecule has 1 aromatic rings. The minimum absolute atomic E-state index is 0.0382. The Morgan fingerprint density at radius 1 is 0.818 bits per heavy atom. The molecule has 6 atom stereocenters. The van der Waals surface area contributed by atoms with Gasteiger partial charge in [-0.1, -0.05) is 44.2 Å². The Morgan fingerprint density at radius 3 is 1.82 bits per heavy atom. The predicted octanol–water partition coefficient (Wildman–Crippen LogP) is -1.49. The number of hydrogen-bond acceptors (Lipinski definition) is 7. The van der Waals surface area contributed by atoms with Crippen LogP contribution in [0.2, 0.25) is 0 Å². The normalized spacial score (nSPS) is 16.6. The van der Waals surface area contributed by atoms with Crippen molar-refractivity contribution in [3.63, 3.8) is 0 Å². The van der Waals surface area contributed by atoms with Crippen molar-refractivity contribution in [1.82, 2.24) is 16.0 Å². The number of benzene rings is 1. The first-order valence-electron chi connectivity index (χ1n) is 10.6. The van der Waals surface area contributed by atoms with Gasteiger partial charge in [-0.3, -0.25) is 14.4 Å². The van der Waals surface area contributed by atoms with E-state index >= 15 is 0 Å². The number of nitrogens with two attached hydrogens (primary N) is 1. The zero-order valence-electron chi connectivity index (χ0n) is 19.2. The molecule has 0 saturated heterocycles. The molecule has 1 rings (SSSR count). The van der Waals surface area contributed by atoms with E-state index in [0.29, 0.717) is 5.56 Å². The van der Waals surface area contributed by atoms with Crippen LogP contribution in [0, 0.1) is 5.92 Å². The van der Waals surface area contributed by atoms with Crippen LogP contribution in [0.25, 0.3) is 0 Å². The summed E-state index contributed by atoms with van der Waals surface area (Å²) in [6, 6.07) is 3.58. The summed E-state index contributed by atoms with van der Waals surface area (Å²) in [6.07, 6.45) is -2.50. The molecule has 11 heteroatoms. The average Bonchev–Trinajstić information content (AvgIpc) is 2.74. The Balaban J connectivity index is 3.10. The molecule has 33 heavy (non-hydrogen) atoms. The molecule has 0 radical (unpaired) electrons. The van der Waals surface area contributed by atoms with Crippen LogP contribution in [-0.4, -0.2) is 75.4 Å². The molecule has 0 spiro atoms. The molecule has 0 bridgehead atoms. The molecule has 184 valence electrons. The van der Waals surface area contributed by atoms with Crippen LogP contribution in [0.15, 0.2) is 30.3 Å². The largest absolute Gasteiger partial charge is 0.480 e. The number of aliphatic carboxylic acids is 1. The fourth-order valence-electron chi connectivity index (χ4n) is 2.96. The van der Waals surface area contributed by atoms with Crippen LogP contribution in [0.3, 0.4) is 0 Å². The minimum atomic E-state index is -1.46. The van der Waals surface area contributed by atoms with Crippen molar-refractivity contribution in [1.29, 1.82) is 0 Å². The fraction of sp³-hybridized carbons (Fsp3) is 0.545. The number of hydrogen-bond donors (Lipinski definition) is 7. The number of carboxylic acids is 1. The van der Waals surface area contributed by atoms with E-state index in [1.165, 1.54) is 13.8 Å². The minimum Gasteiger partial charge on any atom is -0.480 e. The van der Waals surface area contributed by atoms with E-state index < -0.39 is 66.0 Å². The van der Waals surface area contributed by atoms with Gasteiger partial charge in [-0.25, -0.2) is 4.79 Å². The van der Waals surface area contributed by atoms with E-state index in [1.54, 1.807) is 44.2 Å². The molecule has 0 heterocycles.